The molecule has 0 aromatic heterocycles. The molecule has 0 bridgehead atoms. The number of benzene rings is 2. The summed E-state index contributed by atoms with van der Waals surface area (Å²) in [6.07, 6.45) is -0.000293. The average Bonchev–Trinajstić information content (AvgIpc) is 2.41. The molecule has 1 atom stereocenters. The zero-order valence-electron chi connectivity index (χ0n) is 11.4. The lowest BCUT2D eigenvalue weighted by atomic mass is 9.73. The van der Waals surface area contributed by atoms with Gasteiger partial charge in [-0.15, -0.1) is 0 Å². The molecule has 2 N–H and O–H groups in total. The molecule has 5 heteroatoms. The van der Waals surface area contributed by atoms with Crippen LogP contribution in [0.5, 0.6) is 0 Å². The van der Waals surface area contributed by atoms with Gasteiger partial charge >= 0.3 is 0 Å². The van der Waals surface area contributed by atoms with Crippen molar-refractivity contribution in [2.24, 2.45) is 5.73 Å². The van der Waals surface area contributed by atoms with E-state index >= 15 is 0 Å². The molecule has 0 radical (unpaired) electrons. The van der Waals surface area contributed by atoms with Gasteiger partial charge in [0.1, 0.15) is 0 Å². The number of carbonyl (C=O) groups excluding carboxylic acids is 1. The van der Waals surface area contributed by atoms with Crippen LogP contribution in [0, 0.1) is 11.6 Å². The van der Waals surface area contributed by atoms with E-state index in [2.05, 4.69) is 15.9 Å². The highest BCUT2D eigenvalue weighted by atomic mass is 79.9. The third-order valence-corrected chi connectivity index (χ3v) is 4.09. The van der Waals surface area contributed by atoms with Crippen molar-refractivity contribution in [1.82, 2.24) is 0 Å². The van der Waals surface area contributed by atoms with Crippen LogP contribution in [0.3, 0.4) is 0 Å². The van der Waals surface area contributed by atoms with Crippen molar-refractivity contribution in [2.45, 2.75) is 18.8 Å². The van der Waals surface area contributed by atoms with Gasteiger partial charge < -0.3 is 5.73 Å². The van der Waals surface area contributed by atoms with Crippen molar-refractivity contribution in [3.05, 3.63) is 69.7 Å². The number of nitrogens with two attached hydrogens (primary N) is 1. The second-order valence-corrected chi connectivity index (χ2v) is 6.03. The molecule has 1 unspecified atom stereocenters. The zero-order chi connectivity index (χ0) is 15.6. The van der Waals surface area contributed by atoms with Crippen molar-refractivity contribution < 1.29 is 13.6 Å². The van der Waals surface area contributed by atoms with Gasteiger partial charge in [0.05, 0.1) is 0 Å². The molecule has 2 aromatic carbocycles. The molecule has 21 heavy (non-hydrogen) atoms. The summed E-state index contributed by atoms with van der Waals surface area (Å²) in [7, 11) is 0. The van der Waals surface area contributed by atoms with Gasteiger partial charge in [-0.1, -0.05) is 41.1 Å². The molecule has 0 saturated carbocycles. The highest BCUT2D eigenvalue weighted by Crippen LogP contribution is 2.36. The molecule has 0 fully saturated rings. The van der Waals surface area contributed by atoms with Gasteiger partial charge in [-0.2, -0.15) is 0 Å². The van der Waals surface area contributed by atoms with E-state index in [1.165, 1.54) is 6.07 Å². The predicted molar refractivity (Wildman–Crippen MR) is 80.8 cm³/mol. The van der Waals surface area contributed by atoms with E-state index in [0.29, 0.717) is 5.56 Å². The zero-order valence-corrected chi connectivity index (χ0v) is 13.0. The molecule has 1 amide bonds. The van der Waals surface area contributed by atoms with Crippen LogP contribution in [0.2, 0.25) is 0 Å². The number of amides is 1. The van der Waals surface area contributed by atoms with E-state index in [1.54, 1.807) is 6.92 Å². The second kappa shape index (κ2) is 5.93. The number of hydrogen-bond donors (Lipinski definition) is 1. The van der Waals surface area contributed by atoms with Crippen molar-refractivity contribution in [1.29, 1.82) is 0 Å². The summed E-state index contributed by atoms with van der Waals surface area (Å²) in [6.45, 7) is 1.79. The normalized spacial score (nSPS) is 13.7. The molecule has 110 valence electrons. The Morgan fingerprint density at radius 2 is 1.67 bits per heavy atom. The summed E-state index contributed by atoms with van der Waals surface area (Å²) in [5.41, 5.74) is 5.82. The monoisotopic (exact) mass is 353 g/mol. The van der Waals surface area contributed by atoms with Gasteiger partial charge in [-0.25, -0.2) is 8.78 Å². The van der Waals surface area contributed by atoms with Gasteiger partial charge in [-0.3, -0.25) is 4.79 Å². The number of carbonyl (C=O) groups is 1. The molecular formula is C16H14BrF2NO. The maximum absolute atomic E-state index is 13.5. The quantitative estimate of drug-likeness (QED) is 0.889. The summed E-state index contributed by atoms with van der Waals surface area (Å²) >= 11 is 3.34. The Bertz CT molecular complexity index is 672. The fourth-order valence-electron chi connectivity index (χ4n) is 2.38. The van der Waals surface area contributed by atoms with E-state index in [1.807, 2.05) is 24.3 Å². The molecule has 2 nitrogen and oxygen atoms in total. The maximum Gasteiger partial charge on any atom is 0.218 e. The van der Waals surface area contributed by atoms with Gasteiger partial charge in [0.25, 0.3) is 0 Å². The number of rotatable bonds is 4. The summed E-state index contributed by atoms with van der Waals surface area (Å²) in [5.74, 6) is -2.37. The Morgan fingerprint density at radius 3 is 2.19 bits per heavy atom. The van der Waals surface area contributed by atoms with Crippen LogP contribution in [0.1, 0.15) is 24.5 Å². The van der Waals surface area contributed by atoms with Crippen LogP contribution in [0.15, 0.2) is 46.9 Å². The second-order valence-electron chi connectivity index (χ2n) is 5.11. The average molecular weight is 354 g/mol. The summed E-state index contributed by atoms with van der Waals surface area (Å²) < 4.78 is 27.5. The Hall–Kier alpha value is -1.75. The van der Waals surface area contributed by atoms with Crippen LogP contribution in [-0.2, 0) is 10.2 Å². The minimum absolute atomic E-state index is 0.000293. The van der Waals surface area contributed by atoms with Crippen LogP contribution in [0.4, 0.5) is 8.78 Å². The van der Waals surface area contributed by atoms with Crippen molar-refractivity contribution >= 4 is 21.8 Å². The number of halogens is 3. The third-order valence-electron chi connectivity index (χ3n) is 3.57. The van der Waals surface area contributed by atoms with Gasteiger partial charge in [0.2, 0.25) is 5.91 Å². The van der Waals surface area contributed by atoms with Crippen LogP contribution >= 0.6 is 15.9 Å². The SMILES string of the molecule is CC(CC(N)=O)(c1ccc(Br)cc1)c1ccc(F)c(F)c1. The maximum atomic E-state index is 13.5. The fourth-order valence-corrected chi connectivity index (χ4v) is 2.64. The Balaban J connectivity index is 2.57. The molecule has 0 aliphatic carbocycles. The Morgan fingerprint density at radius 1 is 1.10 bits per heavy atom. The molecule has 0 spiro atoms. The Kier molecular flexibility index (Phi) is 4.42. The Labute approximate surface area is 130 Å². The first-order valence-electron chi connectivity index (χ1n) is 6.33. The summed E-state index contributed by atoms with van der Waals surface area (Å²) in [6, 6.07) is 11.0. The molecule has 0 aliphatic heterocycles. The van der Waals surface area contributed by atoms with Gasteiger partial charge in [0.15, 0.2) is 11.6 Å². The molecular weight excluding hydrogens is 340 g/mol. The minimum atomic E-state index is -0.944. The van der Waals surface area contributed by atoms with E-state index in [9.17, 15) is 13.6 Å². The van der Waals surface area contributed by atoms with Crippen molar-refractivity contribution in [2.75, 3.05) is 0 Å². The largest absolute Gasteiger partial charge is 0.370 e. The standard InChI is InChI=1S/C16H14BrF2NO/c1-16(9-15(20)21,10-2-5-12(17)6-3-10)11-4-7-13(18)14(19)8-11/h2-8H,9H2,1H3,(H2,20,21). The van der Waals surface area contributed by atoms with E-state index in [4.69, 9.17) is 5.73 Å². The van der Waals surface area contributed by atoms with Gasteiger partial charge in [0, 0.05) is 16.3 Å². The summed E-state index contributed by atoms with van der Waals surface area (Å²) in [4.78, 5) is 11.4. The third kappa shape index (κ3) is 3.29. The van der Waals surface area contributed by atoms with Crippen molar-refractivity contribution in [3.8, 4) is 0 Å². The lowest BCUT2D eigenvalue weighted by Crippen LogP contribution is -2.30. The molecule has 0 saturated heterocycles. The topological polar surface area (TPSA) is 43.1 Å². The lowest BCUT2D eigenvalue weighted by Gasteiger charge is -2.30. The van der Waals surface area contributed by atoms with Crippen molar-refractivity contribution in [3.63, 3.8) is 0 Å². The van der Waals surface area contributed by atoms with E-state index in [-0.39, 0.29) is 6.42 Å². The van der Waals surface area contributed by atoms with Crippen LogP contribution < -0.4 is 5.73 Å². The smallest absolute Gasteiger partial charge is 0.218 e. The highest BCUT2D eigenvalue weighted by Gasteiger charge is 2.31. The lowest BCUT2D eigenvalue weighted by molar-refractivity contribution is -0.118. The fraction of sp³-hybridized carbons (Fsp3) is 0.188. The molecule has 2 aromatic rings. The number of primary amides is 1. The summed E-state index contributed by atoms with van der Waals surface area (Å²) in [5, 5.41) is 0. The van der Waals surface area contributed by atoms with E-state index < -0.39 is 23.0 Å². The highest BCUT2D eigenvalue weighted by molar-refractivity contribution is 9.10. The van der Waals surface area contributed by atoms with Crippen LogP contribution in [0.25, 0.3) is 0 Å². The first kappa shape index (κ1) is 15.6. The molecule has 2 rings (SSSR count). The van der Waals surface area contributed by atoms with Crippen LogP contribution in [-0.4, -0.2) is 5.91 Å². The van der Waals surface area contributed by atoms with Gasteiger partial charge in [-0.05, 0) is 35.4 Å². The predicted octanol–water partition coefficient (Wildman–Crippen LogP) is 3.91. The number of hydrogen-bond acceptors (Lipinski definition) is 1. The minimum Gasteiger partial charge on any atom is -0.370 e. The molecule has 0 heterocycles. The van der Waals surface area contributed by atoms with E-state index in [0.717, 1.165) is 22.2 Å². The first-order chi connectivity index (χ1) is 9.83. The first-order valence-corrected chi connectivity index (χ1v) is 7.12. The molecule has 0 aliphatic rings.